The maximum atomic E-state index is 5.42. The molecule has 0 aliphatic rings. The largest absolute Gasteiger partial charge is 0.309 e. The van der Waals surface area contributed by atoms with Crippen molar-refractivity contribution in [1.82, 2.24) is 19.5 Å². The highest BCUT2D eigenvalue weighted by Crippen LogP contribution is 2.49. The van der Waals surface area contributed by atoms with Crippen molar-refractivity contribution in [3.8, 4) is 84.4 Å². The van der Waals surface area contributed by atoms with Gasteiger partial charge in [0.05, 0.1) is 11.0 Å². The predicted octanol–water partition coefficient (Wildman–Crippen LogP) is 17.0. The van der Waals surface area contributed by atoms with Gasteiger partial charge in [0.25, 0.3) is 0 Å². The van der Waals surface area contributed by atoms with Gasteiger partial charge < -0.3 is 4.57 Å². The molecule has 0 bridgehead atoms. The Morgan fingerprint density at radius 3 is 1.44 bits per heavy atom. The maximum Gasteiger partial charge on any atom is 0.164 e. The molecule has 3 aromatic heterocycles. The highest BCUT2D eigenvalue weighted by Gasteiger charge is 2.24. The molecule has 13 aromatic rings. The summed E-state index contributed by atoms with van der Waals surface area (Å²) in [6.07, 6.45) is 0. The topological polar surface area (TPSA) is 43.6 Å². The summed E-state index contributed by atoms with van der Waals surface area (Å²) < 4.78 is 4.88. The van der Waals surface area contributed by atoms with E-state index in [4.69, 9.17) is 15.0 Å². The molecule has 0 saturated carbocycles. The van der Waals surface area contributed by atoms with Gasteiger partial charge in [0.2, 0.25) is 0 Å². The van der Waals surface area contributed by atoms with E-state index in [0.717, 1.165) is 66.9 Å². The molecule has 0 spiro atoms. The number of nitrogens with zero attached hydrogens (tertiary/aromatic N) is 4. The van der Waals surface area contributed by atoms with E-state index in [1.165, 1.54) is 42.0 Å². The summed E-state index contributed by atoms with van der Waals surface area (Å²) >= 11 is 1.85. The normalized spacial score (nSPS) is 11.5. The lowest BCUT2D eigenvalue weighted by Crippen LogP contribution is -2.01. The first-order valence-corrected chi connectivity index (χ1v) is 23.8. The van der Waals surface area contributed by atoms with Crippen LogP contribution in [0.25, 0.3) is 126 Å². The van der Waals surface area contributed by atoms with Crippen LogP contribution >= 0.6 is 11.3 Å². The monoisotopic (exact) mass is 884 g/mol. The zero-order chi connectivity index (χ0) is 45.0. The predicted molar refractivity (Wildman–Crippen MR) is 285 cm³/mol. The molecule has 3 heterocycles. The third-order valence-electron chi connectivity index (χ3n) is 13.1. The number of thiophene rings is 1. The Bertz CT molecular complexity index is 3880. The van der Waals surface area contributed by atoms with Gasteiger partial charge in [0, 0.05) is 53.3 Å². The van der Waals surface area contributed by atoms with Crippen LogP contribution in [-0.2, 0) is 0 Å². The van der Waals surface area contributed by atoms with Crippen molar-refractivity contribution in [2.24, 2.45) is 0 Å². The van der Waals surface area contributed by atoms with Crippen LogP contribution < -0.4 is 0 Å². The van der Waals surface area contributed by atoms with Crippen LogP contribution in [0.2, 0.25) is 0 Å². The van der Waals surface area contributed by atoms with Gasteiger partial charge in [-0.05, 0) is 87.0 Å². The van der Waals surface area contributed by atoms with Crippen LogP contribution in [0.5, 0.6) is 0 Å². The third kappa shape index (κ3) is 6.71. The second kappa shape index (κ2) is 16.6. The van der Waals surface area contributed by atoms with Gasteiger partial charge in [-0.2, -0.15) is 0 Å². The number of fused-ring (bicyclic) bond motifs is 7. The Hall–Kier alpha value is -8.77. The number of hydrogen-bond donors (Lipinski definition) is 0. The Balaban J connectivity index is 1.14. The van der Waals surface area contributed by atoms with Gasteiger partial charge in [-0.3, -0.25) is 0 Å². The molecule has 0 amide bonds. The Morgan fingerprint density at radius 1 is 0.294 bits per heavy atom. The molecule has 0 atom stereocenters. The van der Waals surface area contributed by atoms with Crippen molar-refractivity contribution >= 4 is 53.3 Å². The van der Waals surface area contributed by atoms with Gasteiger partial charge in [0.1, 0.15) is 0 Å². The van der Waals surface area contributed by atoms with Gasteiger partial charge >= 0.3 is 0 Å². The van der Waals surface area contributed by atoms with Crippen molar-refractivity contribution in [1.29, 1.82) is 0 Å². The highest BCUT2D eigenvalue weighted by molar-refractivity contribution is 7.26. The zero-order valence-corrected chi connectivity index (χ0v) is 37.6. The minimum absolute atomic E-state index is 0.607. The number of aromatic nitrogens is 4. The average molecular weight is 885 g/mol. The number of hydrogen-bond acceptors (Lipinski definition) is 4. The van der Waals surface area contributed by atoms with Crippen LogP contribution in [0.1, 0.15) is 0 Å². The quantitative estimate of drug-likeness (QED) is 0.153. The van der Waals surface area contributed by atoms with Crippen molar-refractivity contribution in [2.45, 2.75) is 0 Å². The van der Waals surface area contributed by atoms with Gasteiger partial charge in [-0.25, -0.2) is 15.0 Å². The molecule has 13 rings (SSSR count). The van der Waals surface area contributed by atoms with Gasteiger partial charge in [0.15, 0.2) is 17.5 Å². The maximum absolute atomic E-state index is 5.42. The number of para-hydroxylation sites is 2. The summed E-state index contributed by atoms with van der Waals surface area (Å²) in [6, 6.07) is 86.4. The van der Waals surface area contributed by atoms with E-state index in [1.807, 2.05) is 47.7 Å². The molecule has 4 nitrogen and oxygen atoms in total. The second-order valence-electron chi connectivity index (χ2n) is 17.1. The molecule has 0 aliphatic carbocycles. The Kier molecular flexibility index (Phi) is 9.66. The smallest absolute Gasteiger partial charge is 0.164 e. The summed E-state index contributed by atoms with van der Waals surface area (Å²) in [4.78, 5) is 16.0. The summed E-state index contributed by atoms with van der Waals surface area (Å²) in [6.45, 7) is 0. The van der Waals surface area contributed by atoms with E-state index in [1.54, 1.807) is 0 Å². The molecule has 318 valence electrons. The number of benzene rings is 10. The van der Waals surface area contributed by atoms with Crippen LogP contribution in [0.15, 0.2) is 243 Å². The standard InChI is InChI=1S/C63H40N4S/c1-6-20-41(21-7-1)47-31-18-32-48(42-22-8-2-9-23-42)57(47)45-36-37-49(52(40-45)63-65-61(43-24-10-3-11-25-43)64-62(66-63)44-26-12-4-13-27-44)50-33-19-35-55-59(50)60-56(68-55)39-38-54-58(60)51-30-16-17-34-53(51)67(54)46-28-14-5-15-29-46/h1-40H. The van der Waals surface area contributed by atoms with E-state index in [9.17, 15) is 0 Å². The molecule has 0 fully saturated rings. The molecule has 0 unspecified atom stereocenters. The molecule has 0 aliphatic heterocycles. The molecule has 5 heteroatoms. The zero-order valence-electron chi connectivity index (χ0n) is 36.8. The van der Waals surface area contributed by atoms with Crippen molar-refractivity contribution in [2.75, 3.05) is 0 Å². The number of rotatable bonds is 8. The molecule has 0 radical (unpaired) electrons. The summed E-state index contributed by atoms with van der Waals surface area (Å²) in [5, 5.41) is 4.95. The fourth-order valence-corrected chi connectivity index (χ4v) is 11.2. The minimum Gasteiger partial charge on any atom is -0.309 e. The lowest BCUT2D eigenvalue weighted by Gasteiger charge is -2.19. The molecular formula is C63H40N4S. The fraction of sp³-hybridized carbons (Fsp3) is 0. The van der Waals surface area contributed by atoms with Crippen molar-refractivity contribution in [3.63, 3.8) is 0 Å². The molecule has 68 heavy (non-hydrogen) atoms. The molecular weight excluding hydrogens is 845 g/mol. The summed E-state index contributed by atoms with van der Waals surface area (Å²) in [5.41, 5.74) is 15.3. The van der Waals surface area contributed by atoms with E-state index in [-0.39, 0.29) is 0 Å². The Labute approximate surface area is 397 Å². The average Bonchev–Trinajstić information content (AvgIpc) is 3.98. The lowest BCUT2D eigenvalue weighted by molar-refractivity contribution is 1.07. The first-order valence-electron chi connectivity index (χ1n) is 22.9. The van der Waals surface area contributed by atoms with Gasteiger partial charge in [-0.1, -0.05) is 200 Å². The molecule has 10 aromatic carbocycles. The van der Waals surface area contributed by atoms with E-state index in [0.29, 0.717) is 17.5 Å². The lowest BCUT2D eigenvalue weighted by atomic mass is 9.85. The van der Waals surface area contributed by atoms with Gasteiger partial charge in [-0.15, -0.1) is 11.3 Å². The first kappa shape index (κ1) is 39.6. The minimum atomic E-state index is 0.607. The van der Waals surface area contributed by atoms with Crippen molar-refractivity contribution < 1.29 is 0 Å². The molecule has 0 saturated heterocycles. The first-order chi connectivity index (χ1) is 33.7. The SMILES string of the molecule is c1ccc(-c2nc(-c3ccccc3)nc(-c3cc(-c4c(-c5ccccc5)cccc4-c4ccccc4)ccc3-c3cccc4sc5ccc6c(c7ccccc7n6-c6ccccc6)c5c34)n2)cc1. The molecule has 0 N–H and O–H groups in total. The van der Waals surface area contributed by atoms with Crippen LogP contribution in [0.3, 0.4) is 0 Å². The fourth-order valence-electron chi connectivity index (χ4n) is 10.1. The van der Waals surface area contributed by atoms with Crippen molar-refractivity contribution in [3.05, 3.63) is 243 Å². The van der Waals surface area contributed by atoms with Crippen LogP contribution in [0.4, 0.5) is 0 Å². The Morgan fingerprint density at radius 2 is 0.809 bits per heavy atom. The van der Waals surface area contributed by atoms with E-state index in [2.05, 4.69) is 211 Å². The van der Waals surface area contributed by atoms with E-state index >= 15 is 0 Å². The summed E-state index contributed by atoms with van der Waals surface area (Å²) in [7, 11) is 0. The third-order valence-corrected chi connectivity index (χ3v) is 14.2. The van der Waals surface area contributed by atoms with Crippen LogP contribution in [0, 0.1) is 0 Å². The van der Waals surface area contributed by atoms with Crippen LogP contribution in [-0.4, -0.2) is 19.5 Å². The second-order valence-corrected chi connectivity index (χ2v) is 18.1. The van der Waals surface area contributed by atoms with E-state index < -0.39 is 0 Å². The summed E-state index contributed by atoms with van der Waals surface area (Å²) in [5.74, 6) is 1.85. The highest BCUT2D eigenvalue weighted by atomic mass is 32.1.